The molecule has 0 aliphatic heterocycles. The number of likely N-dealkylation sites (N-methyl/N-ethyl adjacent to an activating group) is 1. The first-order valence-electron chi connectivity index (χ1n) is 6.75. The molecule has 1 fully saturated rings. The van der Waals surface area contributed by atoms with E-state index in [2.05, 4.69) is 43.0 Å². The maximum atomic E-state index is 5.97. The number of hydrogen-bond acceptors (Lipinski definition) is 2. The van der Waals surface area contributed by atoms with Crippen LogP contribution in [0.1, 0.15) is 36.9 Å². The summed E-state index contributed by atoms with van der Waals surface area (Å²) in [5.41, 5.74) is 8.65. The average Bonchev–Trinajstić information content (AvgIpc) is 3.15. The van der Waals surface area contributed by atoms with E-state index in [4.69, 9.17) is 5.73 Å². The third kappa shape index (κ3) is 3.30. The predicted molar refractivity (Wildman–Crippen MR) is 72.9 cm³/mol. The fourth-order valence-electron chi connectivity index (χ4n) is 2.39. The molecule has 1 atom stereocenters. The van der Waals surface area contributed by atoms with Gasteiger partial charge < -0.3 is 5.73 Å². The van der Waals surface area contributed by atoms with Gasteiger partial charge >= 0.3 is 0 Å². The molecule has 0 radical (unpaired) electrons. The van der Waals surface area contributed by atoms with Crippen LogP contribution in [0.2, 0.25) is 0 Å². The van der Waals surface area contributed by atoms with Crippen molar-refractivity contribution < 1.29 is 0 Å². The van der Waals surface area contributed by atoms with Gasteiger partial charge in [0.25, 0.3) is 0 Å². The summed E-state index contributed by atoms with van der Waals surface area (Å²) in [6, 6.07) is 9.21. The topological polar surface area (TPSA) is 29.3 Å². The van der Waals surface area contributed by atoms with Crippen molar-refractivity contribution >= 4 is 0 Å². The third-order valence-corrected chi connectivity index (χ3v) is 3.72. The molecule has 1 aliphatic carbocycles. The molecule has 1 unspecified atom stereocenters. The van der Waals surface area contributed by atoms with Gasteiger partial charge in [0.1, 0.15) is 0 Å². The van der Waals surface area contributed by atoms with E-state index < -0.39 is 0 Å². The Hall–Kier alpha value is -0.860. The van der Waals surface area contributed by atoms with Crippen molar-refractivity contribution in [3.8, 4) is 0 Å². The van der Waals surface area contributed by atoms with Gasteiger partial charge in [-0.1, -0.05) is 36.8 Å². The van der Waals surface area contributed by atoms with Crippen LogP contribution in [0.25, 0.3) is 0 Å². The van der Waals surface area contributed by atoms with Crippen LogP contribution in [0.15, 0.2) is 24.3 Å². The monoisotopic (exact) mass is 232 g/mol. The lowest BCUT2D eigenvalue weighted by Gasteiger charge is -2.30. The van der Waals surface area contributed by atoms with Crippen LogP contribution in [0, 0.1) is 12.8 Å². The minimum Gasteiger partial charge on any atom is -0.329 e. The molecule has 0 heterocycles. The van der Waals surface area contributed by atoms with E-state index >= 15 is 0 Å². The molecule has 2 heteroatoms. The molecule has 0 amide bonds. The van der Waals surface area contributed by atoms with Crippen molar-refractivity contribution in [2.24, 2.45) is 11.7 Å². The highest BCUT2D eigenvalue weighted by molar-refractivity contribution is 5.24. The molecule has 1 aromatic carbocycles. The molecule has 17 heavy (non-hydrogen) atoms. The van der Waals surface area contributed by atoms with Crippen molar-refractivity contribution in [3.05, 3.63) is 35.4 Å². The van der Waals surface area contributed by atoms with E-state index in [1.165, 1.54) is 30.5 Å². The zero-order valence-corrected chi connectivity index (χ0v) is 11.0. The Balaban J connectivity index is 2.09. The zero-order valence-electron chi connectivity index (χ0n) is 11.0. The molecule has 2 nitrogen and oxygen atoms in total. The van der Waals surface area contributed by atoms with E-state index in [1.54, 1.807) is 0 Å². The van der Waals surface area contributed by atoms with Crippen molar-refractivity contribution in [2.45, 2.75) is 32.7 Å². The van der Waals surface area contributed by atoms with Gasteiger partial charge in [-0.15, -0.1) is 0 Å². The second kappa shape index (κ2) is 5.65. The smallest absolute Gasteiger partial charge is 0.0470 e. The van der Waals surface area contributed by atoms with Crippen molar-refractivity contribution in [1.82, 2.24) is 4.90 Å². The van der Waals surface area contributed by atoms with Crippen LogP contribution in [0.4, 0.5) is 0 Å². The summed E-state index contributed by atoms with van der Waals surface area (Å²) in [7, 11) is 0. The fraction of sp³-hybridized carbons (Fsp3) is 0.600. The molecule has 1 aromatic rings. The van der Waals surface area contributed by atoms with Crippen molar-refractivity contribution in [1.29, 1.82) is 0 Å². The second-order valence-corrected chi connectivity index (χ2v) is 5.19. The van der Waals surface area contributed by atoms with Gasteiger partial charge in [0.05, 0.1) is 0 Å². The van der Waals surface area contributed by atoms with Gasteiger partial charge in [-0.2, -0.15) is 0 Å². The summed E-state index contributed by atoms with van der Waals surface area (Å²) in [6.07, 6.45) is 2.81. The SMILES string of the molecule is CCN(CC1CC1)C(CN)c1ccc(C)cc1. The normalized spacial score (nSPS) is 17.4. The molecule has 2 N–H and O–H groups in total. The van der Waals surface area contributed by atoms with Crippen LogP contribution in [-0.4, -0.2) is 24.5 Å². The standard InChI is InChI=1S/C15H24N2/c1-3-17(11-13-6-7-13)15(10-16)14-8-4-12(2)5-9-14/h4-5,8-9,13,15H,3,6-7,10-11,16H2,1-2H3. The maximum absolute atomic E-state index is 5.97. The Bertz CT molecular complexity index is 340. The molecule has 0 aromatic heterocycles. The minimum absolute atomic E-state index is 0.390. The number of hydrogen-bond donors (Lipinski definition) is 1. The highest BCUT2D eigenvalue weighted by Gasteiger charge is 2.27. The molecular weight excluding hydrogens is 208 g/mol. The lowest BCUT2D eigenvalue weighted by molar-refractivity contribution is 0.203. The Morgan fingerprint density at radius 1 is 1.29 bits per heavy atom. The largest absolute Gasteiger partial charge is 0.329 e. The second-order valence-electron chi connectivity index (χ2n) is 5.19. The molecule has 0 bridgehead atoms. The minimum atomic E-state index is 0.390. The number of rotatable bonds is 6. The van der Waals surface area contributed by atoms with E-state index in [9.17, 15) is 0 Å². The average molecular weight is 232 g/mol. The van der Waals surface area contributed by atoms with E-state index in [-0.39, 0.29) is 0 Å². The Kier molecular flexibility index (Phi) is 4.19. The van der Waals surface area contributed by atoms with Crippen molar-refractivity contribution in [3.63, 3.8) is 0 Å². The third-order valence-electron chi connectivity index (χ3n) is 3.72. The highest BCUT2D eigenvalue weighted by atomic mass is 15.2. The molecular formula is C15H24N2. The molecule has 1 saturated carbocycles. The molecule has 1 aliphatic rings. The van der Waals surface area contributed by atoms with Gasteiger partial charge in [0, 0.05) is 19.1 Å². The first kappa shape index (κ1) is 12.6. The Labute approximate surface area is 105 Å². The van der Waals surface area contributed by atoms with Crippen LogP contribution in [0.3, 0.4) is 0 Å². The van der Waals surface area contributed by atoms with E-state index in [1.807, 2.05) is 0 Å². The summed E-state index contributed by atoms with van der Waals surface area (Å²) in [6.45, 7) is 7.38. The summed E-state index contributed by atoms with van der Waals surface area (Å²) < 4.78 is 0. The summed E-state index contributed by atoms with van der Waals surface area (Å²) in [5, 5.41) is 0. The van der Waals surface area contributed by atoms with E-state index in [0.717, 1.165) is 12.5 Å². The van der Waals surface area contributed by atoms with Gasteiger partial charge in [-0.3, -0.25) is 4.90 Å². The number of benzene rings is 1. The van der Waals surface area contributed by atoms with E-state index in [0.29, 0.717) is 12.6 Å². The van der Waals surface area contributed by atoms with Gasteiger partial charge in [-0.25, -0.2) is 0 Å². The zero-order chi connectivity index (χ0) is 12.3. The van der Waals surface area contributed by atoms with Crippen LogP contribution in [0.5, 0.6) is 0 Å². The van der Waals surface area contributed by atoms with Crippen LogP contribution < -0.4 is 5.73 Å². The quantitative estimate of drug-likeness (QED) is 0.817. The van der Waals surface area contributed by atoms with Crippen molar-refractivity contribution in [2.75, 3.05) is 19.6 Å². The number of nitrogens with two attached hydrogens (primary N) is 1. The summed E-state index contributed by atoms with van der Waals surface area (Å²) >= 11 is 0. The first-order chi connectivity index (χ1) is 8.24. The lowest BCUT2D eigenvalue weighted by Crippen LogP contribution is -2.35. The van der Waals surface area contributed by atoms with Crippen LogP contribution >= 0.6 is 0 Å². The Morgan fingerprint density at radius 2 is 1.94 bits per heavy atom. The number of aryl methyl sites for hydroxylation is 1. The molecule has 0 spiro atoms. The van der Waals surface area contributed by atoms with Crippen LogP contribution in [-0.2, 0) is 0 Å². The Morgan fingerprint density at radius 3 is 2.41 bits per heavy atom. The van der Waals surface area contributed by atoms with Gasteiger partial charge in [0.15, 0.2) is 0 Å². The lowest BCUT2D eigenvalue weighted by atomic mass is 10.0. The van der Waals surface area contributed by atoms with Gasteiger partial charge in [-0.05, 0) is 37.8 Å². The fourth-order valence-corrected chi connectivity index (χ4v) is 2.39. The highest BCUT2D eigenvalue weighted by Crippen LogP contribution is 2.32. The maximum Gasteiger partial charge on any atom is 0.0470 e. The first-order valence-corrected chi connectivity index (χ1v) is 6.75. The van der Waals surface area contributed by atoms with Gasteiger partial charge in [0.2, 0.25) is 0 Å². The number of nitrogens with zero attached hydrogens (tertiary/aromatic N) is 1. The molecule has 94 valence electrons. The summed E-state index contributed by atoms with van der Waals surface area (Å²) in [5.74, 6) is 0.925. The summed E-state index contributed by atoms with van der Waals surface area (Å²) in [4.78, 5) is 2.53. The molecule has 0 saturated heterocycles. The predicted octanol–water partition coefficient (Wildman–Crippen LogP) is 2.73. The molecule has 2 rings (SSSR count).